The quantitative estimate of drug-likeness (QED) is 0.744. The number of nitrogens with one attached hydrogen (secondary N) is 1. The monoisotopic (exact) mass is 318 g/mol. The van der Waals surface area contributed by atoms with Crippen molar-refractivity contribution < 1.29 is 0 Å². The molecule has 21 heavy (non-hydrogen) atoms. The van der Waals surface area contributed by atoms with Gasteiger partial charge in [-0.25, -0.2) is 4.68 Å². The fourth-order valence-electron chi connectivity index (χ4n) is 2.24. The normalized spacial score (nSPS) is 10.8. The van der Waals surface area contributed by atoms with Crippen molar-refractivity contribution in [1.29, 1.82) is 0 Å². The molecule has 0 radical (unpaired) electrons. The molecule has 1 heterocycles. The molecular weight excluding hydrogens is 307 g/mol. The maximum atomic E-state index is 12.4. The van der Waals surface area contributed by atoms with Crippen molar-refractivity contribution in [3.8, 4) is 16.9 Å². The van der Waals surface area contributed by atoms with Crippen LogP contribution in [0.25, 0.3) is 16.9 Å². The molecule has 0 saturated carbocycles. The molecule has 0 spiro atoms. The zero-order valence-corrected chi connectivity index (χ0v) is 12.7. The molecule has 3 rings (SSSR count). The zero-order chi connectivity index (χ0) is 15.0. The van der Waals surface area contributed by atoms with Gasteiger partial charge >= 0.3 is 0 Å². The van der Waals surface area contributed by atoms with E-state index >= 15 is 0 Å². The van der Waals surface area contributed by atoms with Gasteiger partial charge in [-0.05, 0) is 30.7 Å². The third kappa shape index (κ3) is 2.50. The molecular formula is C16H12Cl2N2O. The van der Waals surface area contributed by atoms with Gasteiger partial charge in [0.1, 0.15) is 0 Å². The molecule has 106 valence electrons. The molecule has 0 bridgehead atoms. The van der Waals surface area contributed by atoms with E-state index in [9.17, 15) is 4.79 Å². The Bertz CT molecular complexity index is 850. The van der Waals surface area contributed by atoms with Crippen molar-refractivity contribution in [2.75, 3.05) is 0 Å². The van der Waals surface area contributed by atoms with Crippen LogP contribution >= 0.6 is 23.2 Å². The first-order chi connectivity index (χ1) is 10.1. The number of rotatable bonds is 2. The second kappa shape index (κ2) is 5.43. The Morgan fingerprint density at radius 2 is 1.76 bits per heavy atom. The van der Waals surface area contributed by atoms with E-state index in [1.54, 1.807) is 25.1 Å². The molecule has 0 fully saturated rings. The first kappa shape index (κ1) is 14.0. The lowest BCUT2D eigenvalue weighted by molar-refractivity contribution is 0.851. The number of benzene rings is 2. The second-order valence-corrected chi connectivity index (χ2v) is 5.56. The van der Waals surface area contributed by atoms with Crippen LogP contribution in [-0.2, 0) is 0 Å². The van der Waals surface area contributed by atoms with Gasteiger partial charge in [0.05, 0.1) is 16.4 Å². The number of aromatic amines is 1. The smallest absolute Gasteiger partial charge is 0.274 e. The molecule has 0 aliphatic carbocycles. The predicted octanol–water partition coefficient (Wildman–Crippen LogP) is 4.45. The van der Waals surface area contributed by atoms with Crippen LogP contribution in [0, 0.1) is 6.92 Å². The van der Waals surface area contributed by atoms with Gasteiger partial charge in [-0.15, -0.1) is 0 Å². The molecule has 0 aliphatic heterocycles. The zero-order valence-electron chi connectivity index (χ0n) is 11.2. The van der Waals surface area contributed by atoms with E-state index < -0.39 is 0 Å². The number of H-pyrrole nitrogens is 1. The van der Waals surface area contributed by atoms with Crippen LogP contribution in [0.4, 0.5) is 0 Å². The minimum absolute atomic E-state index is 0.127. The highest BCUT2D eigenvalue weighted by Gasteiger charge is 2.14. The molecule has 3 nitrogen and oxygen atoms in total. The van der Waals surface area contributed by atoms with E-state index in [1.807, 2.05) is 30.3 Å². The highest BCUT2D eigenvalue weighted by molar-refractivity contribution is 6.35. The van der Waals surface area contributed by atoms with Crippen LogP contribution in [0.1, 0.15) is 5.56 Å². The topological polar surface area (TPSA) is 37.8 Å². The molecule has 0 atom stereocenters. The Morgan fingerprint density at radius 1 is 1.05 bits per heavy atom. The highest BCUT2D eigenvalue weighted by atomic mass is 35.5. The maximum Gasteiger partial charge on any atom is 0.274 e. The van der Waals surface area contributed by atoms with E-state index in [0.717, 1.165) is 11.3 Å². The summed E-state index contributed by atoms with van der Waals surface area (Å²) in [6.45, 7) is 1.79. The van der Waals surface area contributed by atoms with Crippen molar-refractivity contribution in [3.05, 3.63) is 74.5 Å². The SMILES string of the molecule is Cc1c(-c2ccccc2)[nH]n(-c2ccc(Cl)cc2Cl)c1=O. The Labute approximate surface area is 131 Å². The van der Waals surface area contributed by atoms with Gasteiger partial charge in [0.2, 0.25) is 0 Å². The summed E-state index contributed by atoms with van der Waals surface area (Å²) >= 11 is 12.1. The fraction of sp³-hybridized carbons (Fsp3) is 0.0625. The molecule has 1 N–H and O–H groups in total. The Morgan fingerprint density at radius 3 is 2.43 bits per heavy atom. The number of nitrogens with zero attached hydrogens (tertiary/aromatic N) is 1. The molecule has 0 unspecified atom stereocenters. The summed E-state index contributed by atoms with van der Waals surface area (Å²) in [5.41, 5.74) is 2.84. The maximum absolute atomic E-state index is 12.4. The molecule has 0 saturated heterocycles. The van der Waals surface area contributed by atoms with Crippen LogP contribution in [-0.4, -0.2) is 9.78 Å². The van der Waals surface area contributed by atoms with Crippen molar-refractivity contribution >= 4 is 23.2 Å². The minimum atomic E-state index is -0.127. The van der Waals surface area contributed by atoms with Crippen LogP contribution in [0.15, 0.2) is 53.3 Å². The largest absolute Gasteiger partial charge is 0.290 e. The molecule has 0 aliphatic rings. The summed E-state index contributed by atoms with van der Waals surface area (Å²) < 4.78 is 1.44. The van der Waals surface area contributed by atoms with E-state index in [-0.39, 0.29) is 5.56 Å². The molecule has 2 aromatic carbocycles. The second-order valence-electron chi connectivity index (χ2n) is 4.71. The molecule has 0 amide bonds. The Balaban J connectivity index is 2.20. The van der Waals surface area contributed by atoms with Crippen LogP contribution in [0.2, 0.25) is 10.0 Å². The lowest BCUT2D eigenvalue weighted by atomic mass is 10.1. The first-order valence-electron chi connectivity index (χ1n) is 6.40. The van der Waals surface area contributed by atoms with Gasteiger partial charge in [-0.3, -0.25) is 9.89 Å². The Hall–Kier alpha value is -1.97. The van der Waals surface area contributed by atoms with Crippen molar-refractivity contribution in [3.63, 3.8) is 0 Å². The average molecular weight is 319 g/mol. The Kier molecular flexibility index (Phi) is 3.62. The van der Waals surface area contributed by atoms with E-state index in [1.165, 1.54) is 4.68 Å². The number of hydrogen-bond acceptors (Lipinski definition) is 1. The van der Waals surface area contributed by atoms with Crippen LogP contribution in [0.3, 0.4) is 0 Å². The summed E-state index contributed by atoms with van der Waals surface area (Å²) in [5.74, 6) is 0. The predicted molar refractivity (Wildman–Crippen MR) is 86.6 cm³/mol. The number of hydrogen-bond donors (Lipinski definition) is 1. The minimum Gasteiger partial charge on any atom is -0.290 e. The van der Waals surface area contributed by atoms with Gasteiger partial charge in [0.25, 0.3) is 5.56 Å². The molecule has 5 heteroatoms. The highest BCUT2D eigenvalue weighted by Crippen LogP contribution is 2.25. The summed E-state index contributed by atoms with van der Waals surface area (Å²) in [5, 5.41) is 4.07. The fourth-order valence-corrected chi connectivity index (χ4v) is 2.73. The summed E-state index contributed by atoms with van der Waals surface area (Å²) in [6, 6.07) is 14.7. The van der Waals surface area contributed by atoms with Crippen molar-refractivity contribution in [1.82, 2.24) is 9.78 Å². The van der Waals surface area contributed by atoms with Gasteiger partial charge in [-0.2, -0.15) is 0 Å². The molecule has 1 aromatic heterocycles. The van der Waals surface area contributed by atoms with E-state index in [4.69, 9.17) is 23.2 Å². The van der Waals surface area contributed by atoms with Gasteiger partial charge in [0, 0.05) is 10.6 Å². The lowest BCUT2D eigenvalue weighted by Crippen LogP contribution is -2.16. The van der Waals surface area contributed by atoms with Gasteiger partial charge in [-0.1, -0.05) is 53.5 Å². The first-order valence-corrected chi connectivity index (χ1v) is 7.16. The summed E-state index contributed by atoms with van der Waals surface area (Å²) in [4.78, 5) is 12.4. The average Bonchev–Trinajstić information content (AvgIpc) is 2.77. The number of aromatic nitrogens is 2. The third-order valence-corrected chi connectivity index (χ3v) is 3.87. The van der Waals surface area contributed by atoms with Gasteiger partial charge in [0.15, 0.2) is 0 Å². The molecule has 3 aromatic rings. The summed E-state index contributed by atoms with van der Waals surface area (Å²) in [7, 11) is 0. The van der Waals surface area contributed by atoms with Crippen LogP contribution in [0.5, 0.6) is 0 Å². The standard InChI is InChI=1S/C16H12Cl2N2O/c1-10-15(11-5-3-2-4-6-11)19-20(16(10)21)14-8-7-12(17)9-13(14)18/h2-9,19H,1H3. The van der Waals surface area contributed by atoms with E-state index in [2.05, 4.69) is 5.10 Å². The lowest BCUT2D eigenvalue weighted by Gasteiger charge is -2.05. The van der Waals surface area contributed by atoms with Crippen molar-refractivity contribution in [2.45, 2.75) is 6.92 Å². The van der Waals surface area contributed by atoms with Gasteiger partial charge < -0.3 is 0 Å². The van der Waals surface area contributed by atoms with Crippen molar-refractivity contribution in [2.24, 2.45) is 0 Å². The third-order valence-electron chi connectivity index (χ3n) is 3.34. The van der Waals surface area contributed by atoms with Crippen LogP contribution < -0.4 is 5.56 Å². The van der Waals surface area contributed by atoms with E-state index in [0.29, 0.717) is 21.3 Å². The summed E-state index contributed by atoms with van der Waals surface area (Å²) in [6.07, 6.45) is 0. The number of halogens is 2.